The molecule has 3 N–H and O–H groups in total. The van der Waals surface area contributed by atoms with Crippen molar-refractivity contribution in [1.82, 2.24) is 9.97 Å². The molecule has 0 aromatic carbocycles. The van der Waals surface area contributed by atoms with Crippen LogP contribution in [0.25, 0.3) is 0 Å². The predicted octanol–water partition coefficient (Wildman–Crippen LogP) is 2.49. The monoisotopic (exact) mass is 316 g/mol. The molecular weight excluding hydrogens is 296 g/mol. The Balaban J connectivity index is 2.67. The van der Waals surface area contributed by atoms with Gasteiger partial charge in [0.15, 0.2) is 0 Å². The highest BCUT2D eigenvalue weighted by atomic mass is 79.9. The van der Waals surface area contributed by atoms with Gasteiger partial charge in [-0.05, 0) is 35.2 Å². The van der Waals surface area contributed by atoms with Crippen molar-refractivity contribution in [3.63, 3.8) is 0 Å². The Bertz CT molecular complexity index is 396. The number of nitrogens with zero attached hydrogens (tertiary/aromatic N) is 2. The second-order valence-corrected chi connectivity index (χ2v) is 5.94. The van der Waals surface area contributed by atoms with Crippen LogP contribution in [0.5, 0.6) is 0 Å². The van der Waals surface area contributed by atoms with E-state index in [1.807, 2.05) is 6.92 Å². The van der Waals surface area contributed by atoms with E-state index in [2.05, 4.69) is 50.4 Å². The van der Waals surface area contributed by atoms with Crippen molar-refractivity contribution in [3.05, 3.63) is 10.7 Å². The Kier molecular flexibility index (Phi) is 5.34. The first-order valence-electron chi connectivity index (χ1n) is 6.00. The van der Waals surface area contributed by atoms with Gasteiger partial charge in [-0.3, -0.25) is 0 Å². The molecule has 0 saturated heterocycles. The van der Waals surface area contributed by atoms with E-state index in [0.717, 1.165) is 10.9 Å². The maximum Gasteiger partial charge on any atom is 0.224 e. The summed E-state index contributed by atoms with van der Waals surface area (Å²) in [6, 6.07) is 0. The molecule has 0 amide bonds. The average Bonchev–Trinajstić information content (AvgIpc) is 2.26. The minimum Gasteiger partial charge on any atom is -0.388 e. The smallest absolute Gasteiger partial charge is 0.224 e. The van der Waals surface area contributed by atoms with Gasteiger partial charge in [0, 0.05) is 19.8 Å². The molecule has 1 aromatic rings. The second kappa shape index (κ2) is 6.33. The van der Waals surface area contributed by atoms with Crippen LogP contribution in [0.4, 0.5) is 11.8 Å². The fourth-order valence-electron chi connectivity index (χ4n) is 1.84. The molecule has 1 heterocycles. The van der Waals surface area contributed by atoms with Crippen molar-refractivity contribution in [2.45, 2.75) is 32.8 Å². The fourth-order valence-corrected chi connectivity index (χ4v) is 2.17. The number of aromatic nitrogens is 2. The van der Waals surface area contributed by atoms with Gasteiger partial charge in [0.25, 0.3) is 0 Å². The molecular formula is C12H21BrN4O. The third-order valence-electron chi connectivity index (χ3n) is 2.45. The van der Waals surface area contributed by atoms with Gasteiger partial charge in [-0.15, -0.1) is 0 Å². The Hall–Kier alpha value is -0.880. The van der Waals surface area contributed by atoms with Crippen molar-refractivity contribution in [2.75, 3.05) is 24.2 Å². The number of nitrogens with one attached hydrogen (secondary N) is 2. The SMILES string of the molecule is CNc1ncc(Br)c(NCC(C)(O)CC(C)C)n1. The predicted molar refractivity (Wildman–Crippen MR) is 77.8 cm³/mol. The number of hydrogen-bond acceptors (Lipinski definition) is 5. The largest absolute Gasteiger partial charge is 0.388 e. The lowest BCUT2D eigenvalue weighted by Crippen LogP contribution is -2.35. The van der Waals surface area contributed by atoms with Crippen LogP contribution >= 0.6 is 15.9 Å². The standard InChI is InChI=1S/C12H21BrN4O/c1-8(2)5-12(3,18)7-16-10-9(13)6-15-11(14-4)17-10/h6,8,18H,5,7H2,1-4H3,(H2,14,15,16,17). The molecule has 6 heteroatoms. The van der Waals surface area contributed by atoms with Crippen molar-refractivity contribution in [3.8, 4) is 0 Å². The fraction of sp³-hybridized carbons (Fsp3) is 0.667. The van der Waals surface area contributed by atoms with Crippen LogP contribution in [0.1, 0.15) is 27.2 Å². The van der Waals surface area contributed by atoms with Crippen molar-refractivity contribution >= 4 is 27.7 Å². The van der Waals surface area contributed by atoms with E-state index in [1.165, 1.54) is 0 Å². The third-order valence-corrected chi connectivity index (χ3v) is 3.03. The summed E-state index contributed by atoms with van der Waals surface area (Å²) in [5.74, 6) is 1.67. The molecule has 0 aliphatic rings. The van der Waals surface area contributed by atoms with E-state index in [-0.39, 0.29) is 0 Å². The maximum absolute atomic E-state index is 10.2. The normalized spacial score (nSPS) is 14.4. The molecule has 0 aliphatic heterocycles. The number of rotatable bonds is 6. The zero-order valence-corrected chi connectivity index (χ0v) is 12.9. The molecule has 5 nitrogen and oxygen atoms in total. The summed E-state index contributed by atoms with van der Waals surface area (Å²) in [6.07, 6.45) is 2.42. The van der Waals surface area contributed by atoms with Crippen LogP contribution in [-0.2, 0) is 0 Å². The van der Waals surface area contributed by atoms with Crippen molar-refractivity contribution < 1.29 is 5.11 Å². The van der Waals surface area contributed by atoms with Gasteiger partial charge in [0.2, 0.25) is 5.95 Å². The second-order valence-electron chi connectivity index (χ2n) is 5.09. The summed E-state index contributed by atoms with van der Waals surface area (Å²) < 4.78 is 0.779. The molecule has 0 spiro atoms. The first-order valence-corrected chi connectivity index (χ1v) is 6.80. The van der Waals surface area contributed by atoms with E-state index >= 15 is 0 Å². The van der Waals surface area contributed by atoms with Gasteiger partial charge in [0.05, 0.1) is 10.1 Å². The van der Waals surface area contributed by atoms with E-state index < -0.39 is 5.60 Å². The summed E-state index contributed by atoms with van der Waals surface area (Å²) in [5, 5.41) is 16.3. The number of hydrogen-bond donors (Lipinski definition) is 3. The highest BCUT2D eigenvalue weighted by Crippen LogP contribution is 2.22. The zero-order chi connectivity index (χ0) is 13.8. The topological polar surface area (TPSA) is 70.1 Å². The van der Waals surface area contributed by atoms with Gasteiger partial charge in [-0.25, -0.2) is 4.98 Å². The molecule has 0 fully saturated rings. The van der Waals surface area contributed by atoms with Gasteiger partial charge < -0.3 is 15.7 Å². The van der Waals surface area contributed by atoms with Crippen molar-refractivity contribution in [1.29, 1.82) is 0 Å². The molecule has 1 unspecified atom stereocenters. The van der Waals surface area contributed by atoms with E-state index in [0.29, 0.717) is 24.2 Å². The van der Waals surface area contributed by atoms with Gasteiger partial charge in [0.1, 0.15) is 5.82 Å². The third kappa shape index (κ3) is 4.78. The van der Waals surface area contributed by atoms with Crippen molar-refractivity contribution in [2.24, 2.45) is 5.92 Å². The number of halogens is 1. The summed E-state index contributed by atoms with van der Waals surface area (Å²) in [5.41, 5.74) is -0.752. The summed E-state index contributed by atoms with van der Waals surface area (Å²) >= 11 is 3.38. The molecule has 0 bridgehead atoms. The van der Waals surface area contributed by atoms with Gasteiger partial charge >= 0.3 is 0 Å². The Morgan fingerprint density at radius 2 is 2.17 bits per heavy atom. The van der Waals surface area contributed by atoms with E-state index in [1.54, 1.807) is 13.2 Å². The average molecular weight is 317 g/mol. The molecule has 1 aromatic heterocycles. The Morgan fingerprint density at radius 1 is 1.50 bits per heavy atom. The summed E-state index contributed by atoms with van der Waals surface area (Å²) in [4.78, 5) is 8.36. The minimum absolute atomic E-state index is 0.448. The molecule has 0 saturated carbocycles. The minimum atomic E-state index is -0.752. The summed E-state index contributed by atoms with van der Waals surface area (Å²) in [6.45, 7) is 6.46. The van der Waals surface area contributed by atoms with Crippen LogP contribution in [0.3, 0.4) is 0 Å². The molecule has 1 rings (SSSR count). The van der Waals surface area contributed by atoms with Gasteiger partial charge in [-0.2, -0.15) is 4.98 Å². The highest BCUT2D eigenvalue weighted by Gasteiger charge is 2.22. The Labute approximate surface area is 117 Å². The first kappa shape index (κ1) is 15.2. The quantitative estimate of drug-likeness (QED) is 0.752. The van der Waals surface area contributed by atoms with E-state index in [4.69, 9.17) is 0 Å². The lowest BCUT2D eigenvalue weighted by atomic mass is 9.94. The van der Waals surface area contributed by atoms with Crippen LogP contribution in [0.2, 0.25) is 0 Å². The first-order chi connectivity index (χ1) is 8.34. The highest BCUT2D eigenvalue weighted by molar-refractivity contribution is 9.10. The van der Waals surface area contributed by atoms with Crippen LogP contribution in [-0.4, -0.2) is 34.3 Å². The molecule has 0 aliphatic carbocycles. The maximum atomic E-state index is 10.2. The number of aliphatic hydroxyl groups is 1. The molecule has 1 atom stereocenters. The van der Waals surface area contributed by atoms with E-state index in [9.17, 15) is 5.11 Å². The molecule has 102 valence electrons. The van der Waals surface area contributed by atoms with Gasteiger partial charge in [-0.1, -0.05) is 13.8 Å². The molecule has 18 heavy (non-hydrogen) atoms. The number of anilines is 2. The van der Waals surface area contributed by atoms with Crippen LogP contribution < -0.4 is 10.6 Å². The Morgan fingerprint density at radius 3 is 2.72 bits per heavy atom. The van der Waals surface area contributed by atoms with Crippen LogP contribution in [0, 0.1) is 5.92 Å². The zero-order valence-electron chi connectivity index (χ0n) is 11.3. The summed E-state index contributed by atoms with van der Waals surface area (Å²) in [7, 11) is 1.77. The van der Waals surface area contributed by atoms with Crippen LogP contribution in [0.15, 0.2) is 10.7 Å². The lowest BCUT2D eigenvalue weighted by molar-refractivity contribution is 0.0514. The lowest BCUT2D eigenvalue weighted by Gasteiger charge is -2.26. The molecule has 0 radical (unpaired) electrons.